The number of alkyl carbamates (subject to hydrolysis) is 1. The second kappa shape index (κ2) is 16.0. The van der Waals surface area contributed by atoms with Crippen LogP contribution in [0.1, 0.15) is 16.7 Å². The highest BCUT2D eigenvalue weighted by atomic mass is 16.5. The van der Waals surface area contributed by atoms with Crippen LogP contribution in [-0.4, -0.2) is 60.1 Å². The Bertz CT molecular complexity index is 1300. The smallest absolute Gasteiger partial charge is 0.408 e. The van der Waals surface area contributed by atoms with E-state index in [-0.39, 0.29) is 19.4 Å². The number of nitrogens with one attached hydrogen (secondary N) is 4. The number of amides is 4. The van der Waals surface area contributed by atoms with E-state index in [1.165, 1.54) is 0 Å². The average molecular weight is 561 g/mol. The summed E-state index contributed by atoms with van der Waals surface area (Å²) < 4.78 is 5.23. The minimum atomic E-state index is -1.21. The third-order valence-electron chi connectivity index (χ3n) is 5.89. The number of carboxylic acid groups (broad SMARTS) is 1. The lowest BCUT2D eigenvalue weighted by atomic mass is 10.1. The molecule has 5 N–H and O–H groups in total. The van der Waals surface area contributed by atoms with Crippen LogP contribution in [0.25, 0.3) is 0 Å². The van der Waals surface area contributed by atoms with Crippen LogP contribution in [-0.2, 0) is 43.4 Å². The molecule has 0 aromatic heterocycles. The molecule has 0 saturated carbocycles. The molecule has 0 fully saturated rings. The second-order valence-electron chi connectivity index (χ2n) is 9.09. The van der Waals surface area contributed by atoms with Crippen LogP contribution in [0.4, 0.5) is 4.79 Å². The van der Waals surface area contributed by atoms with Crippen LogP contribution in [0.3, 0.4) is 0 Å². The lowest BCUT2D eigenvalue weighted by Crippen LogP contribution is -2.51. The van der Waals surface area contributed by atoms with Crippen LogP contribution in [0.15, 0.2) is 91.0 Å². The van der Waals surface area contributed by atoms with Crippen molar-refractivity contribution in [3.05, 3.63) is 108 Å². The van der Waals surface area contributed by atoms with Crippen molar-refractivity contribution in [2.45, 2.75) is 31.5 Å². The SMILES string of the molecule is O=C(CNC(=O)C(Cc1ccccc1)NC(=O)OCc1ccccc1)NCC(=O)NC(Cc1ccccc1)C(=O)O. The third kappa shape index (κ3) is 11.2. The summed E-state index contributed by atoms with van der Waals surface area (Å²) in [6.45, 7) is -0.930. The summed E-state index contributed by atoms with van der Waals surface area (Å²) in [6.07, 6.45) is -0.570. The van der Waals surface area contributed by atoms with Gasteiger partial charge in [-0.1, -0.05) is 91.0 Å². The van der Waals surface area contributed by atoms with E-state index in [0.29, 0.717) is 0 Å². The van der Waals surface area contributed by atoms with Crippen molar-refractivity contribution in [3.8, 4) is 0 Å². The van der Waals surface area contributed by atoms with Gasteiger partial charge < -0.3 is 31.1 Å². The summed E-state index contributed by atoms with van der Waals surface area (Å²) in [7, 11) is 0. The van der Waals surface area contributed by atoms with Crippen molar-refractivity contribution in [2.24, 2.45) is 0 Å². The maximum absolute atomic E-state index is 12.9. The molecule has 2 atom stereocenters. The van der Waals surface area contributed by atoms with E-state index in [1.807, 2.05) is 24.3 Å². The molecule has 3 aromatic carbocycles. The van der Waals surface area contributed by atoms with E-state index in [0.717, 1.165) is 16.7 Å². The van der Waals surface area contributed by atoms with Crippen molar-refractivity contribution in [3.63, 3.8) is 0 Å². The van der Waals surface area contributed by atoms with Crippen LogP contribution < -0.4 is 21.3 Å². The first-order valence-electron chi connectivity index (χ1n) is 12.9. The van der Waals surface area contributed by atoms with Crippen LogP contribution in [0.5, 0.6) is 0 Å². The van der Waals surface area contributed by atoms with E-state index in [4.69, 9.17) is 4.74 Å². The molecule has 0 aliphatic carbocycles. The Morgan fingerprint density at radius 3 is 1.63 bits per heavy atom. The molecule has 11 heteroatoms. The van der Waals surface area contributed by atoms with Gasteiger partial charge in [0.2, 0.25) is 17.7 Å². The number of benzene rings is 3. The maximum Gasteiger partial charge on any atom is 0.408 e. The Balaban J connectivity index is 1.48. The van der Waals surface area contributed by atoms with Crippen molar-refractivity contribution < 1.29 is 33.8 Å². The Kier molecular flexibility index (Phi) is 11.9. The zero-order valence-corrected chi connectivity index (χ0v) is 22.2. The van der Waals surface area contributed by atoms with Crippen molar-refractivity contribution in [2.75, 3.05) is 13.1 Å². The fraction of sp³-hybridized carbons (Fsp3) is 0.233. The van der Waals surface area contributed by atoms with Gasteiger partial charge in [0, 0.05) is 12.8 Å². The topological polar surface area (TPSA) is 163 Å². The van der Waals surface area contributed by atoms with E-state index in [2.05, 4.69) is 21.3 Å². The van der Waals surface area contributed by atoms with Gasteiger partial charge in [-0.15, -0.1) is 0 Å². The summed E-state index contributed by atoms with van der Waals surface area (Å²) in [6, 6.07) is 24.7. The highest BCUT2D eigenvalue weighted by molar-refractivity contribution is 5.91. The molecule has 3 aromatic rings. The predicted molar refractivity (Wildman–Crippen MR) is 149 cm³/mol. The molecule has 0 aliphatic heterocycles. The fourth-order valence-electron chi connectivity index (χ4n) is 3.79. The summed E-state index contributed by atoms with van der Waals surface area (Å²) in [5.41, 5.74) is 2.29. The zero-order chi connectivity index (χ0) is 29.5. The van der Waals surface area contributed by atoms with Crippen LogP contribution in [0.2, 0.25) is 0 Å². The standard InChI is InChI=1S/C30H32N4O7/c35-26(31-19-27(36)33-25(29(38)39)17-22-12-6-2-7-13-22)18-32-28(37)24(16-21-10-4-1-5-11-21)34-30(40)41-20-23-14-8-3-9-15-23/h1-15,24-25H,16-20H2,(H,31,35)(H,32,37)(H,33,36)(H,34,40)(H,38,39). The average Bonchev–Trinajstić information content (AvgIpc) is 2.98. The van der Waals surface area contributed by atoms with Gasteiger partial charge in [0.1, 0.15) is 18.7 Å². The normalized spacial score (nSPS) is 11.8. The minimum absolute atomic E-state index is 0.0188. The van der Waals surface area contributed by atoms with Gasteiger partial charge in [-0.2, -0.15) is 0 Å². The Morgan fingerprint density at radius 2 is 1.10 bits per heavy atom. The van der Waals surface area contributed by atoms with Gasteiger partial charge in [-0.3, -0.25) is 14.4 Å². The Morgan fingerprint density at radius 1 is 0.610 bits per heavy atom. The number of ether oxygens (including phenoxy) is 1. The summed E-state index contributed by atoms with van der Waals surface area (Å²) in [5, 5.41) is 19.1. The molecule has 41 heavy (non-hydrogen) atoms. The number of carbonyl (C=O) groups is 5. The van der Waals surface area contributed by atoms with Gasteiger partial charge in [0.15, 0.2) is 0 Å². The molecule has 0 aliphatic rings. The summed E-state index contributed by atoms with van der Waals surface area (Å²) in [4.78, 5) is 61.4. The van der Waals surface area contributed by atoms with Crippen molar-refractivity contribution in [1.82, 2.24) is 21.3 Å². The first-order chi connectivity index (χ1) is 19.8. The van der Waals surface area contributed by atoms with Gasteiger partial charge >= 0.3 is 12.1 Å². The van der Waals surface area contributed by atoms with Gasteiger partial charge in [-0.25, -0.2) is 9.59 Å². The van der Waals surface area contributed by atoms with Gasteiger partial charge in [0.05, 0.1) is 13.1 Å². The molecule has 0 spiro atoms. The molecular weight excluding hydrogens is 528 g/mol. The minimum Gasteiger partial charge on any atom is -0.480 e. The Labute approximate surface area is 237 Å². The van der Waals surface area contributed by atoms with Crippen LogP contribution >= 0.6 is 0 Å². The monoisotopic (exact) mass is 560 g/mol. The highest BCUT2D eigenvalue weighted by Crippen LogP contribution is 2.06. The molecule has 2 unspecified atom stereocenters. The number of hydrogen-bond acceptors (Lipinski definition) is 6. The lowest BCUT2D eigenvalue weighted by molar-refractivity contribution is -0.141. The second-order valence-corrected chi connectivity index (χ2v) is 9.09. The maximum atomic E-state index is 12.9. The van der Waals surface area contributed by atoms with Crippen molar-refractivity contribution >= 4 is 29.8 Å². The summed E-state index contributed by atoms with van der Waals surface area (Å²) in [5.74, 6) is -3.20. The van der Waals surface area contributed by atoms with E-state index in [9.17, 15) is 29.1 Å². The number of rotatable bonds is 14. The lowest BCUT2D eigenvalue weighted by Gasteiger charge is -2.19. The largest absolute Gasteiger partial charge is 0.480 e. The molecule has 0 saturated heterocycles. The quantitative estimate of drug-likeness (QED) is 0.200. The number of hydrogen-bond donors (Lipinski definition) is 5. The molecule has 3 rings (SSSR count). The predicted octanol–water partition coefficient (Wildman–Crippen LogP) is 1.57. The first-order valence-corrected chi connectivity index (χ1v) is 12.9. The van der Waals surface area contributed by atoms with E-state index < -0.39 is 55.0 Å². The number of carbonyl (C=O) groups excluding carboxylic acids is 4. The summed E-state index contributed by atoms with van der Waals surface area (Å²) >= 11 is 0. The van der Waals surface area contributed by atoms with Gasteiger partial charge in [-0.05, 0) is 16.7 Å². The van der Waals surface area contributed by atoms with E-state index in [1.54, 1.807) is 66.7 Å². The van der Waals surface area contributed by atoms with Crippen molar-refractivity contribution in [1.29, 1.82) is 0 Å². The third-order valence-corrected chi connectivity index (χ3v) is 5.89. The first kappa shape index (κ1) is 30.4. The van der Waals surface area contributed by atoms with Crippen LogP contribution in [0, 0.1) is 0 Å². The zero-order valence-electron chi connectivity index (χ0n) is 22.2. The van der Waals surface area contributed by atoms with E-state index >= 15 is 0 Å². The number of carboxylic acids is 1. The fourth-order valence-corrected chi connectivity index (χ4v) is 3.79. The molecule has 0 bridgehead atoms. The number of aliphatic carboxylic acids is 1. The highest BCUT2D eigenvalue weighted by Gasteiger charge is 2.23. The molecule has 0 radical (unpaired) electrons. The molecule has 11 nitrogen and oxygen atoms in total. The molecule has 214 valence electrons. The molecule has 4 amide bonds. The molecular formula is C30H32N4O7. The Hall–Kier alpha value is -5.19. The van der Waals surface area contributed by atoms with Gasteiger partial charge in [0.25, 0.3) is 0 Å². The molecule has 0 heterocycles.